The molecular formula is C18H17N3O8. The van der Waals surface area contributed by atoms with Crippen LogP contribution in [0.15, 0.2) is 18.2 Å². The summed E-state index contributed by atoms with van der Waals surface area (Å²) in [6, 6.07) is 2.94. The third-order valence-electron chi connectivity index (χ3n) is 4.66. The summed E-state index contributed by atoms with van der Waals surface area (Å²) in [5.41, 5.74) is 0.261. The number of carbonyl (C=O) groups excluding carboxylic acids is 5. The maximum absolute atomic E-state index is 12.8. The van der Waals surface area contributed by atoms with E-state index in [1.54, 1.807) is 0 Å². The lowest BCUT2D eigenvalue weighted by Gasteiger charge is -2.27. The molecule has 2 N–H and O–H groups in total. The second-order valence-corrected chi connectivity index (χ2v) is 6.50. The highest BCUT2D eigenvalue weighted by atomic mass is 16.5. The lowest BCUT2D eigenvalue weighted by atomic mass is 10.0. The number of hydrogen-bond acceptors (Lipinski definition) is 8. The monoisotopic (exact) mass is 403 g/mol. The van der Waals surface area contributed by atoms with E-state index in [2.05, 4.69) is 10.1 Å². The number of nitrogens with one attached hydrogen (secondary N) is 1. The van der Waals surface area contributed by atoms with E-state index in [4.69, 9.17) is 5.11 Å². The first-order valence-corrected chi connectivity index (χ1v) is 8.62. The van der Waals surface area contributed by atoms with Gasteiger partial charge in [0.1, 0.15) is 19.1 Å². The molecule has 1 aromatic rings. The molecule has 0 spiro atoms. The molecule has 0 aromatic heterocycles. The topological polar surface area (TPSA) is 150 Å². The van der Waals surface area contributed by atoms with Crippen LogP contribution in [0.1, 0.15) is 33.6 Å². The average Bonchev–Trinajstić information content (AvgIpc) is 2.91. The number of carbonyl (C=O) groups is 6. The van der Waals surface area contributed by atoms with Gasteiger partial charge in [-0.25, -0.2) is 0 Å². The number of aliphatic carboxylic acids is 1. The molecule has 2 heterocycles. The number of benzene rings is 1. The molecule has 11 heteroatoms. The van der Waals surface area contributed by atoms with Crippen molar-refractivity contribution in [2.75, 3.05) is 25.1 Å². The minimum atomic E-state index is -1.21. The predicted octanol–water partition coefficient (Wildman–Crippen LogP) is -0.848. The van der Waals surface area contributed by atoms with Crippen LogP contribution in [0.3, 0.4) is 0 Å². The van der Waals surface area contributed by atoms with E-state index < -0.39 is 48.2 Å². The number of nitrogens with zero attached hydrogens (tertiary/aromatic N) is 2. The highest BCUT2D eigenvalue weighted by molar-refractivity contribution is 6.23. The van der Waals surface area contributed by atoms with Crippen molar-refractivity contribution in [2.45, 2.75) is 18.9 Å². The second kappa shape index (κ2) is 7.70. The molecule has 4 amide bonds. The van der Waals surface area contributed by atoms with Crippen molar-refractivity contribution >= 4 is 41.3 Å². The van der Waals surface area contributed by atoms with E-state index in [1.807, 2.05) is 0 Å². The third kappa shape index (κ3) is 3.79. The van der Waals surface area contributed by atoms with Gasteiger partial charge in [-0.2, -0.15) is 0 Å². The average molecular weight is 403 g/mol. The van der Waals surface area contributed by atoms with Gasteiger partial charge in [-0.05, 0) is 24.6 Å². The van der Waals surface area contributed by atoms with Gasteiger partial charge in [0.25, 0.3) is 11.8 Å². The van der Waals surface area contributed by atoms with Gasteiger partial charge in [-0.3, -0.25) is 39.0 Å². The van der Waals surface area contributed by atoms with Crippen LogP contribution in [0.25, 0.3) is 0 Å². The Morgan fingerprint density at radius 1 is 1.17 bits per heavy atom. The minimum absolute atomic E-state index is 0.000576. The van der Waals surface area contributed by atoms with E-state index in [-0.39, 0.29) is 36.2 Å². The van der Waals surface area contributed by atoms with Crippen LogP contribution in [-0.4, -0.2) is 71.8 Å². The van der Waals surface area contributed by atoms with Gasteiger partial charge in [0.2, 0.25) is 11.8 Å². The maximum atomic E-state index is 12.8. The summed E-state index contributed by atoms with van der Waals surface area (Å²) in [5, 5.41) is 11.2. The summed E-state index contributed by atoms with van der Waals surface area (Å²) in [4.78, 5) is 73.6. The van der Waals surface area contributed by atoms with Gasteiger partial charge in [0, 0.05) is 12.1 Å². The van der Waals surface area contributed by atoms with Gasteiger partial charge in [0.05, 0.1) is 18.2 Å². The zero-order valence-corrected chi connectivity index (χ0v) is 15.3. The smallest absolute Gasteiger partial charge is 0.325 e. The molecule has 0 bridgehead atoms. The molecule has 29 heavy (non-hydrogen) atoms. The van der Waals surface area contributed by atoms with Crippen LogP contribution >= 0.6 is 0 Å². The Bertz CT molecular complexity index is 941. The van der Waals surface area contributed by atoms with Crippen LogP contribution in [0.4, 0.5) is 5.69 Å². The molecular weight excluding hydrogens is 386 g/mol. The largest absolute Gasteiger partial charge is 0.480 e. The van der Waals surface area contributed by atoms with E-state index in [1.165, 1.54) is 23.1 Å². The second-order valence-electron chi connectivity index (χ2n) is 6.50. The van der Waals surface area contributed by atoms with Gasteiger partial charge >= 0.3 is 11.9 Å². The van der Waals surface area contributed by atoms with E-state index in [0.717, 1.165) is 12.0 Å². The highest BCUT2D eigenvalue weighted by Crippen LogP contribution is 2.30. The van der Waals surface area contributed by atoms with Crippen molar-refractivity contribution in [1.82, 2.24) is 10.2 Å². The molecule has 0 saturated carbocycles. The first-order valence-electron chi connectivity index (χ1n) is 8.62. The van der Waals surface area contributed by atoms with E-state index in [9.17, 15) is 28.8 Å². The zero-order chi connectivity index (χ0) is 21.3. The number of imide groups is 2. The van der Waals surface area contributed by atoms with Crippen molar-refractivity contribution < 1.29 is 38.6 Å². The number of esters is 1. The molecule has 11 nitrogen and oxygen atoms in total. The van der Waals surface area contributed by atoms with E-state index >= 15 is 0 Å². The zero-order valence-electron chi connectivity index (χ0n) is 15.3. The van der Waals surface area contributed by atoms with E-state index in [0.29, 0.717) is 0 Å². The van der Waals surface area contributed by atoms with Gasteiger partial charge in [0.15, 0.2) is 0 Å². The fourth-order valence-electron chi connectivity index (χ4n) is 3.28. The summed E-state index contributed by atoms with van der Waals surface area (Å²) in [7, 11) is 1.16. The number of piperidine rings is 1. The Morgan fingerprint density at radius 2 is 1.86 bits per heavy atom. The molecule has 1 saturated heterocycles. The Hall–Kier alpha value is -3.76. The summed E-state index contributed by atoms with van der Waals surface area (Å²) in [6.07, 6.45) is 0.0249. The molecule has 1 aromatic carbocycles. The molecule has 2 aliphatic rings. The lowest BCUT2D eigenvalue weighted by molar-refractivity contribution is -0.139. The fourth-order valence-corrected chi connectivity index (χ4v) is 3.28. The highest BCUT2D eigenvalue weighted by Gasteiger charge is 2.44. The number of anilines is 1. The lowest BCUT2D eigenvalue weighted by Crippen LogP contribution is -2.54. The number of methoxy groups -OCH3 is 1. The van der Waals surface area contributed by atoms with Crippen LogP contribution in [0, 0.1) is 0 Å². The number of hydrogen-bond donors (Lipinski definition) is 2. The summed E-state index contributed by atoms with van der Waals surface area (Å²) in [5.74, 6) is -4.49. The molecule has 2 aliphatic heterocycles. The van der Waals surface area contributed by atoms with Crippen LogP contribution in [0.2, 0.25) is 0 Å². The number of rotatable bonds is 6. The fraction of sp³-hybridized carbons (Fsp3) is 0.333. The van der Waals surface area contributed by atoms with Gasteiger partial charge in [-0.15, -0.1) is 0 Å². The molecule has 0 aliphatic carbocycles. The Labute approximate surface area is 164 Å². The number of carboxylic acids is 1. The summed E-state index contributed by atoms with van der Waals surface area (Å²) >= 11 is 0. The van der Waals surface area contributed by atoms with Crippen molar-refractivity contribution in [3.63, 3.8) is 0 Å². The normalized spacial score (nSPS) is 18.4. The first kappa shape index (κ1) is 20.0. The van der Waals surface area contributed by atoms with Crippen molar-refractivity contribution in [1.29, 1.82) is 0 Å². The predicted molar refractivity (Wildman–Crippen MR) is 95.0 cm³/mol. The third-order valence-corrected chi connectivity index (χ3v) is 4.66. The molecule has 1 atom stereocenters. The van der Waals surface area contributed by atoms with Crippen LogP contribution < -0.4 is 10.2 Å². The minimum Gasteiger partial charge on any atom is -0.480 e. The molecule has 1 unspecified atom stereocenters. The summed E-state index contributed by atoms with van der Waals surface area (Å²) in [6.45, 7) is -0.909. The first-order chi connectivity index (χ1) is 13.7. The van der Waals surface area contributed by atoms with Crippen molar-refractivity contribution in [3.8, 4) is 0 Å². The SMILES string of the molecule is COC(=O)CN(CC(=O)O)c1ccc2c(c1)C(=O)N(C1CCC(=O)NC1=O)C2=O. The molecule has 152 valence electrons. The number of fused-ring (bicyclic) bond motifs is 1. The standard InChI is InChI=1S/C18H17N3O8/c1-29-15(25)8-20(7-14(23)24)9-2-3-10-11(6-9)18(28)21(17(10)27)12-4-5-13(22)19-16(12)26/h2-3,6,12H,4-5,7-8H2,1H3,(H,23,24)(H,19,22,26). The number of ether oxygens (including phenoxy) is 1. The molecule has 3 rings (SSSR count). The maximum Gasteiger partial charge on any atom is 0.325 e. The molecule has 1 fully saturated rings. The van der Waals surface area contributed by atoms with Crippen molar-refractivity contribution in [2.24, 2.45) is 0 Å². The number of amides is 4. The number of carboxylic acid groups (broad SMARTS) is 1. The summed E-state index contributed by atoms with van der Waals surface area (Å²) < 4.78 is 4.56. The Balaban J connectivity index is 1.91. The van der Waals surface area contributed by atoms with Crippen LogP contribution in [-0.2, 0) is 23.9 Å². The van der Waals surface area contributed by atoms with Crippen LogP contribution in [0.5, 0.6) is 0 Å². The van der Waals surface area contributed by atoms with Gasteiger partial charge in [-0.1, -0.05) is 0 Å². The quantitative estimate of drug-likeness (QED) is 0.457. The van der Waals surface area contributed by atoms with Crippen molar-refractivity contribution in [3.05, 3.63) is 29.3 Å². The van der Waals surface area contributed by atoms with Gasteiger partial charge < -0.3 is 14.7 Å². The Morgan fingerprint density at radius 3 is 2.48 bits per heavy atom. The molecule has 0 radical (unpaired) electrons. The Kier molecular flexibility index (Phi) is 5.31.